The largest absolute Gasteiger partial charge is 0.460 e. The summed E-state index contributed by atoms with van der Waals surface area (Å²) in [7, 11) is 0. The molecule has 0 spiro atoms. The lowest BCUT2D eigenvalue weighted by Gasteiger charge is -2.43. The quantitative estimate of drug-likeness (QED) is 0.335. The topological polar surface area (TPSA) is 18.5 Å². The predicted molar refractivity (Wildman–Crippen MR) is 120 cm³/mol. The van der Waals surface area contributed by atoms with Crippen molar-refractivity contribution in [2.24, 2.45) is 0 Å². The van der Waals surface area contributed by atoms with Crippen LogP contribution in [0.3, 0.4) is 0 Å². The Morgan fingerprint density at radius 3 is 1.90 bits per heavy atom. The maximum atomic E-state index is 6.83. The molecule has 1 heterocycles. The smallest absolute Gasteiger partial charge is 0.229 e. The molecule has 5 rings (SSSR count). The lowest BCUT2D eigenvalue weighted by molar-refractivity contribution is -0.167. The molecule has 1 atom stereocenters. The van der Waals surface area contributed by atoms with Gasteiger partial charge in [-0.15, -0.1) is 0 Å². The van der Waals surface area contributed by atoms with E-state index in [1.165, 1.54) is 0 Å². The Hall–Kier alpha value is -2.78. The van der Waals surface area contributed by atoms with Crippen LogP contribution < -0.4 is 4.74 Å². The molecular weight excluding hydrogens is 415 g/mol. The molecule has 0 aliphatic carbocycles. The van der Waals surface area contributed by atoms with Gasteiger partial charge in [-0.3, -0.25) is 0 Å². The van der Waals surface area contributed by atoms with Gasteiger partial charge in [-0.2, -0.15) is 0 Å². The first kappa shape index (κ1) is 19.2. The molecule has 0 fully saturated rings. The third-order valence-electron chi connectivity index (χ3n) is 5.36. The molecule has 0 amide bonds. The molecule has 0 radical (unpaired) electrons. The van der Waals surface area contributed by atoms with E-state index in [9.17, 15) is 0 Å². The van der Waals surface area contributed by atoms with Crippen LogP contribution in [0.2, 0.25) is 10.0 Å². The Bertz CT molecular complexity index is 1140. The molecule has 4 aromatic carbocycles. The van der Waals surface area contributed by atoms with Crippen LogP contribution >= 0.6 is 23.2 Å². The molecule has 4 heteroatoms. The summed E-state index contributed by atoms with van der Waals surface area (Å²) in [6, 6.07) is 33.7. The van der Waals surface area contributed by atoms with E-state index in [-0.39, 0.29) is 0 Å². The molecular formula is C26H18Cl2O2. The van der Waals surface area contributed by atoms with E-state index >= 15 is 0 Å². The van der Waals surface area contributed by atoms with Gasteiger partial charge in [0.05, 0.1) is 5.02 Å². The van der Waals surface area contributed by atoms with Gasteiger partial charge in [0.25, 0.3) is 0 Å². The second-order valence-corrected chi connectivity index (χ2v) is 7.99. The van der Waals surface area contributed by atoms with Crippen molar-refractivity contribution in [2.45, 2.75) is 11.9 Å². The molecule has 4 aromatic rings. The first-order valence-electron chi connectivity index (χ1n) is 9.68. The number of hydrogen-bond acceptors (Lipinski definition) is 2. The van der Waals surface area contributed by atoms with E-state index in [0.717, 1.165) is 28.0 Å². The van der Waals surface area contributed by atoms with E-state index in [4.69, 9.17) is 32.7 Å². The highest BCUT2D eigenvalue weighted by molar-refractivity contribution is 6.35. The number of ether oxygens (including phenoxy) is 2. The van der Waals surface area contributed by atoms with Gasteiger partial charge in [-0.25, -0.2) is 0 Å². The zero-order chi connectivity index (χ0) is 20.6. The van der Waals surface area contributed by atoms with Gasteiger partial charge in [0.2, 0.25) is 6.29 Å². The highest BCUT2D eigenvalue weighted by atomic mass is 35.5. The van der Waals surface area contributed by atoms with Crippen LogP contribution in [0.25, 0.3) is 0 Å². The summed E-state index contributed by atoms with van der Waals surface area (Å²) in [5.74, 6) is 0.757. The molecule has 148 valence electrons. The molecule has 30 heavy (non-hydrogen) atoms. The number of benzene rings is 4. The standard InChI is InChI=1S/C26H18Cl2O2/c27-20-15-16-21(23(28)17-20)25-29-24-14-8-7-13-22(24)26(30-25,18-9-3-1-4-10-18)19-11-5-2-6-12-19/h1-17,25H/t25-/m1/s1. The summed E-state index contributed by atoms with van der Waals surface area (Å²) >= 11 is 12.6. The van der Waals surface area contributed by atoms with Gasteiger partial charge in [0.15, 0.2) is 5.60 Å². The van der Waals surface area contributed by atoms with E-state index in [1.54, 1.807) is 12.1 Å². The van der Waals surface area contributed by atoms with Crippen LogP contribution in [-0.4, -0.2) is 0 Å². The molecule has 0 N–H and O–H groups in total. The zero-order valence-corrected chi connectivity index (χ0v) is 17.5. The summed E-state index contributed by atoms with van der Waals surface area (Å²) in [6.07, 6.45) is -0.704. The van der Waals surface area contributed by atoms with Crippen molar-refractivity contribution >= 4 is 23.2 Å². The number of hydrogen-bond donors (Lipinski definition) is 0. The van der Waals surface area contributed by atoms with Gasteiger partial charge in [-0.05, 0) is 35.4 Å². The lowest BCUT2D eigenvalue weighted by atomic mass is 9.79. The van der Waals surface area contributed by atoms with Crippen molar-refractivity contribution in [2.75, 3.05) is 0 Å². The number of halogens is 2. The maximum absolute atomic E-state index is 6.83. The molecule has 1 aliphatic rings. The number of rotatable bonds is 3. The van der Waals surface area contributed by atoms with Gasteiger partial charge >= 0.3 is 0 Å². The fourth-order valence-corrected chi connectivity index (χ4v) is 4.50. The van der Waals surface area contributed by atoms with Crippen molar-refractivity contribution < 1.29 is 9.47 Å². The summed E-state index contributed by atoms with van der Waals surface area (Å²) in [4.78, 5) is 0. The summed E-state index contributed by atoms with van der Waals surface area (Å²) in [5, 5.41) is 1.07. The third-order valence-corrected chi connectivity index (χ3v) is 5.92. The monoisotopic (exact) mass is 432 g/mol. The highest BCUT2D eigenvalue weighted by Crippen LogP contribution is 2.51. The Morgan fingerprint density at radius 1 is 0.667 bits per heavy atom. The van der Waals surface area contributed by atoms with Crippen molar-refractivity contribution in [3.8, 4) is 5.75 Å². The molecule has 1 aliphatic heterocycles. The summed E-state index contributed by atoms with van der Waals surface area (Å²) in [5.41, 5.74) is 2.85. The van der Waals surface area contributed by atoms with Crippen LogP contribution in [0.4, 0.5) is 0 Å². The predicted octanol–water partition coefficient (Wildman–Crippen LogP) is 7.39. The van der Waals surface area contributed by atoms with Crippen LogP contribution in [0.15, 0.2) is 103 Å². The van der Waals surface area contributed by atoms with Crippen molar-refractivity contribution in [1.82, 2.24) is 0 Å². The minimum atomic E-state index is -0.856. The van der Waals surface area contributed by atoms with Gasteiger partial charge in [0, 0.05) is 16.1 Å². The Balaban J connectivity index is 1.78. The zero-order valence-electron chi connectivity index (χ0n) is 16.0. The summed E-state index contributed by atoms with van der Waals surface area (Å²) in [6.45, 7) is 0. The second-order valence-electron chi connectivity index (χ2n) is 7.14. The molecule has 0 saturated carbocycles. The molecule has 0 saturated heterocycles. The normalized spacial score (nSPS) is 17.1. The van der Waals surface area contributed by atoms with Crippen molar-refractivity contribution in [3.63, 3.8) is 0 Å². The van der Waals surface area contributed by atoms with Gasteiger partial charge in [0.1, 0.15) is 5.75 Å². The fraction of sp³-hybridized carbons (Fsp3) is 0.0769. The van der Waals surface area contributed by atoms with E-state index in [0.29, 0.717) is 10.0 Å². The van der Waals surface area contributed by atoms with Crippen LogP contribution in [0.1, 0.15) is 28.5 Å². The second kappa shape index (κ2) is 7.81. The molecule has 2 nitrogen and oxygen atoms in total. The third kappa shape index (κ3) is 3.18. The van der Waals surface area contributed by atoms with E-state index in [1.807, 2.05) is 60.7 Å². The minimum absolute atomic E-state index is 0.502. The number of fused-ring (bicyclic) bond motifs is 1. The molecule has 0 unspecified atom stereocenters. The van der Waals surface area contributed by atoms with Crippen molar-refractivity contribution in [3.05, 3.63) is 135 Å². The van der Waals surface area contributed by atoms with Gasteiger partial charge < -0.3 is 9.47 Å². The van der Waals surface area contributed by atoms with Crippen LogP contribution in [0, 0.1) is 0 Å². The Kier molecular flexibility index (Phi) is 5.00. The highest BCUT2D eigenvalue weighted by Gasteiger charge is 2.46. The Morgan fingerprint density at radius 2 is 1.27 bits per heavy atom. The maximum Gasteiger partial charge on any atom is 0.229 e. The number of para-hydroxylation sites is 1. The molecule has 0 aromatic heterocycles. The van der Waals surface area contributed by atoms with Crippen LogP contribution in [-0.2, 0) is 10.3 Å². The lowest BCUT2D eigenvalue weighted by Crippen LogP contribution is -2.39. The first-order chi connectivity index (χ1) is 14.7. The van der Waals surface area contributed by atoms with E-state index < -0.39 is 11.9 Å². The van der Waals surface area contributed by atoms with Crippen LogP contribution in [0.5, 0.6) is 5.75 Å². The Labute approximate surface area is 185 Å². The average Bonchev–Trinajstić information content (AvgIpc) is 2.79. The summed E-state index contributed by atoms with van der Waals surface area (Å²) < 4.78 is 13.1. The van der Waals surface area contributed by atoms with Gasteiger partial charge in [-0.1, -0.05) is 102 Å². The minimum Gasteiger partial charge on any atom is -0.460 e. The average molecular weight is 433 g/mol. The van der Waals surface area contributed by atoms with Crippen molar-refractivity contribution in [1.29, 1.82) is 0 Å². The SMILES string of the molecule is Clc1ccc([C@@H]2Oc3ccccc3C(c3ccccc3)(c3ccccc3)O2)c(Cl)c1. The fourth-order valence-electron chi connectivity index (χ4n) is 4.00. The first-order valence-corrected chi connectivity index (χ1v) is 10.4. The molecule has 0 bridgehead atoms. The van der Waals surface area contributed by atoms with E-state index in [2.05, 4.69) is 30.3 Å².